The topological polar surface area (TPSA) is 126 Å². The summed E-state index contributed by atoms with van der Waals surface area (Å²) in [6.07, 6.45) is -0.528. The van der Waals surface area contributed by atoms with Crippen LogP contribution < -0.4 is 10.6 Å². The van der Waals surface area contributed by atoms with Crippen molar-refractivity contribution in [3.05, 3.63) is 11.3 Å². The van der Waals surface area contributed by atoms with Crippen LogP contribution in [0.25, 0.3) is 0 Å². The maximum absolute atomic E-state index is 12.2. The number of hydrogen-bond donors (Lipinski definition) is 3. The Kier molecular flexibility index (Phi) is 6.20. The number of H-pyrrole nitrogens is 1. The number of aromatic nitrogens is 2. The van der Waals surface area contributed by atoms with Crippen LogP contribution in [0.3, 0.4) is 0 Å². The van der Waals surface area contributed by atoms with Gasteiger partial charge in [-0.15, -0.1) is 0 Å². The zero-order chi connectivity index (χ0) is 21.1. The molecule has 1 aliphatic heterocycles. The smallest absolute Gasteiger partial charge is 0.410 e. The van der Waals surface area contributed by atoms with E-state index in [2.05, 4.69) is 20.8 Å². The molecule has 156 valence electrons. The molecule has 1 aromatic heterocycles. The first-order valence-corrected chi connectivity index (χ1v) is 9.15. The molecule has 0 spiro atoms. The van der Waals surface area contributed by atoms with Gasteiger partial charge in [-0.05, 0) is 48.0 Å². The first-order chi connectivity index (χ1) is 12.8. The van der Waals surface area contributed by atoms with Gasteiger partial charge in [-0.1, -0.05) is 0 Å². The lowest BCUT2D eigenvalue weighted by Gasteiger charge is -2.29. The van der Waals surface area contributed by atoms with Gasteiger partial charge in [0.1, 0.15) is 17.7 Å². The molecule has 0 atom stereocenters. The lowest BCUT2D eigenvalue weighted by atomic mass is 10.1. The Morgan fingerprint density at radius 2 is 1.75 bits per heavy atom. The number of nitrogens with one attached hydrogen (secondary N) is 3. The minimum atomic E-state index is -0.667. The van der Waals surface area contributed by atoms with E-state index in [-0.39, 0.29) is 12.6 Å². The Balaban J connectivity index is 1.89. The number of aromatic amines is 1. The Labute approximate surface area is 164 Å². The van der Waals surface area contributed by atoms with Crippen molar-refractivity contribution in [1.29, 1.82) is 0 Å². The van der Waals surface area contributed by atoms with Crippen LogP contribution in [0, 0.1) is 0 Å². The summed E-state index contributed by atoms with van der Waals surface area (Å²) < 4.78 is 10.5. The van der Waals surface area contributed by atoms with Crippen molar-refractivity contribution < 1.29 is 23.9 Å². The van der Waals surface area contributed by atoms with E-state index in [1.54, 1.807) is 25.7 Å². The van der Waals surface area contributed by atoms with Crippen LogP contribution in [0.1, 0.15) is 52.8 Å². The molecular weight excluding hydrogens is 366 g/mol. The maximum Gasteiger partial charge on any atom is 0.410 e. The van der Waals surface area contributed by atoms with Gasteiger partial charge in [-0.2, -0.15) is 5.10 Å². The minimum absolute atomic E-state index is 0.236. The summed E-state index contributed by atoms with van der Waals surface area (Å²) in [5.74, 6) is -0.0236. The van der Waals surface area contributed by atoms with E-state index in [0.29, 0.717) is 25.3 Å². The van der Waals surface area contributed by atoms with E-state index in [9.17, 15) is 14.4 Å². The van der Waals surface area contributed by atoms with E-state index < -0.39 is 23.2 Å². The van der Waals surface area contributed by atoms with E-state index in [1.165, 1.54) is 0 Å². The predicted molar refractivity (Wildman–Crippen MR) is 102 cm³/mol. The van der Waals surface area contributed by atoms with Crippen molar-refractivity contribution in [2.24, 2.45) is 0 Å². The second-order valence-corrected chi connectivity index (χ2v) is 8.58. The Morgan fingerprint density at radius 3 is 2.36 bits per heavy atom. The lowest BCUT2D eigenvalue weighted by molar-refractivity contribution is -0.115. The monoisotopic (exact) mass is 395 g/mol. The number of rotatable bonds is 3. The highest BCUT2D eigenvalue weighted by Gasteiger charge is 2.28. The molecule has 3 amide bonds. The van der Waals surface area contributed by atoms with Crippen LogP contribution in [-0.4, -0.2) is 57.5 Å². The summed E-state index contributed by atoms with van der Waals surface area (Å²) in [6, 6.07) is 0. The quantitative estimate of drug-likeness (QED) is 0.720. The zero-order valence-corrected chi connectivity index (χ0v) is 17.3. The van der Waals surface area contributed by atoms with Gasteiger partial charge in [0, 0.05) is 12.1 Å². The van der Waals surface area contributed by atoms with Crippen molar-refractivity contribution in [3.8, 4) is 0 Å². The molecule has 0 aliphatic carbocycles. The van der Waals surface area contributed by atoms with Crippen molar-refractivity contribution in [1.82, 2.24) is 20.4 Å². The molecule has 0 saturated carbocycles. The Hall–Kier alpha value is -2.78. The van der Waals surface area contributed by atoms with Crippen LogP contribution in [0.5, 0.6) is 0 Å². The highest BCUT2D eigenvalue weighted by Crippen LogP contribution is 2.24. The summed E-state index contributed by atoms with van der Waals surface area (Å²) in [4.78, 5) is 37.5. The normalized spacial score (nSPS) is 14.1. The maximum atomic E-state index is 12.2. The molecule has 0 unspecified atom stereocenters. The van der Waals surface area contributed by atoms with Gasteiger partial charge in [-0.25, -0.2) is 9.59 Å². The molecular formula is C18H29N5O5. The fraction of sp³-hybridized carbons (Fsp3) is 0.667. The third-order valence-electron chi connectivity index (χ3n) is 3.64. The molecule has 10 nitrogen and oxygen atoms in total. The number of carbonyl (C=O) groups is 3. The molecule has 2 rings (SSSR count). The van der Waals surface area contributed by atoms with E-state index in [1.807, 2.05) is 20.8 Å². The van der Waals surface area contributed by atoms with Gasteiger partial charge in [0.25, 0.3) is 0 Å². The van der Waals surface area contributed by atoms with Crippen LogP contribution in [-0.2, 0) is 27.2 Å². The van der Waals surface area contributed by atoms with Crippen LogP contribution in [0.15, 0.2) is 0 Å². The molecule has 0 fully saturated rings. The third-order valence-corrected chi connectivity index (χ3v) is 3.64. The lowest BCUT2D eigenvalue weighted by Crippen LogP contribution is -2.40. The SMILES string of the molecule is CC(C)(C)OC(=O)NCC(=O)Nc1n[nH]c2c1CCN(C(=O)OC(C)(C)C)C2. The van der Waals surface area contributed by atoms with Crippen molar-refractivity contribution >= 4 is 23.9 Å². The molecule has 1 aromatic rings. The third kappa shape index (κ3) is 6.43. The molecule has 28 heavy (non-hydrogen) atoms. The summed E-state index contributed by atoms with van der Waals surface area (Å²) >= 11 is 0. The van der Waals surface area contributed by atoms with E-state index >= 15 is 0 Å². The van der Waals surface area contributed by atoms with E-state index in [4.69, 9.17) is 9.47 Å². The number of ether oxygens (including phenoxy) is 2. The van der Waals surface area contributed by atoms with E-state index in [0.717, 1.165) is 11.3 Å². The molecule has 0 radical (unpaired) electrons. The largest absolute Gasteiger partial charge is 0.444 e. The fourth-order valence-electron chi connectivity index (χ4n) is 2.55. The van der Waals surface area contributed by atoms with Crippen molar-refractivity contribution in [2.45, 2.75) is 65.7 Å². The first kappa shape index (κ1) is 21.5. The summed E-state index contributed by atoms with van der Waals surface area (Å²) in [7, 11) is 0. The number of alkyl carbamates (subject to hydrolysis) is 1. The molecule has 3 N–H and O–H groups in total. The average molecular weight is 395 g/mol. The second-order valence-electron chi connectivity index (χ2n) is 8.58. The highest BCUT2D eigenvalue weighted by atomic mass is 16.6. The summed E-state index contributed by atoms with van der Waals surface area (Å²) in [5, 5.41) is 12.0. The van der Waals surface area contributed by atoms with Gasteiger partial charge in [-0.3, -0.25) is 9.89 Å². The van der Waals surface area contributed by atoms with Crippen molar-refractivity contribution in [2.75, 3.05) is 18.4 Å². The summed E-state index contributed by atoms with van der Waals surface area (Å²) in [6.45, 7) is 11.2. The predicted octanol–water partition coefficient (Wildman–Crippen LogP) is 2.17. The number of nitrogens with zero attached hydrogens (tertiary/aromatic N) is 2. The molecule has 10 heteroatoms. The Bertz CT molecular complexity index is 745. The summed E-state index contributed by atoms with van der Waals surface area (Å²) in [5.41, 5.74) is 0.380. The number of carbonyl (C=O) groups excluding carboxylic acids is 3. The molecule has 0 bridgehead atoms. The molecule has 0 aromatic carbocycles. The Morgan fingerprint density at radius 1 is 1.11 bits per heavy atom. The van der Waals surface area contributed by atoms with Gasteiger partial charge in [0.15, 0.2) is 5.82 Å². The standard InChI is InChI=1S/C18H29N5O5/c1-17(2,3)27-15(25)19-9-13(24)20-14-11-7-8-23(10-12(11)21-22-14)16(26)28-18(4,5)6/h7-10H2,1-6H3,(H,19,25)(H2,20,21,22,24). The van der Waals surface area contributed by atoms with Crippen molar-refractivity contribution in [3.63, 3.8) is 0 Å². The highest BCUT2D eigenvalue weighted by molar-refractivity contribution is 5.93. The average Bonchev–Trinajstić information content (AvgIpc) is 2.92. The fourth-order valence-corrected chi connectivity index (χ4v) is 2.55. The first-order valence-electron chi connectivity index (χ1n) is 9.15. The number of amides is 3. The number of anilines is 1. The van der Waals surface area contributed by atoms with Gasteiger partial charge in [0.05, 0.1) is 12.2 Å². The molecule has 0 saturated heterocycles. The van der Waals surface area contributed by atoms with Crippen LogP contribution in [0.2, 0.25) is 0 Å². The molecule has 2 heterocycles. The number of fused-ring (bicyclic) bond motifs is 1. The van der Waals surface area contributed by atoms with Gasteiger partial charge < -0.3 is 25.0 Å². The second kappa shape index (κ2) is 8.07. The van der Waals surface area contributed by atoms with Crippen LogP contribution in [0.4, 0.5) is 15.4 Å². The van der Waals surface area contributed by atoms with Gasteiger partial charge in [0.2, 0.25) is 5.91 Å². The van der Waals surface area contributed by atoms with Gasteiger partial charge >= 0.3 is 12.2 Å². The number of hydrogen-bond acceptors (Lipinski definition) is 6. The van der Waals surface area contributed by atoms with Crippen LogP contribution >= 0.6 is 0 Å². The minimum Gasteiger partial charge on any atom is -0.444 e. The zero-order valence-electron chi connectivity index (χ0n) is 17.3. The molecule has 1 aliphatic rings.